The average Bonchev–Trinajstić information content (AvgIpc) is 2.66. The van der Waals surface area contributed by atoms with Crippen molar-refractivity contribution in [1.82, 2.24) is 0 Å². The summed E-state index contributed by atoms with van der Waals surface area (Å²) in [6.45, 7) is 0. The molecule has 3 aromatic carbocycles. The molecule has 15 heteroatoms. The number of rotatable bonds is 5. The maximum Gasteiger partial charge on any atom is 1.00 e. The Kier molecular flexibility index (Phi) is 7.05. The van der Waals surface area contributed by atoms with Gasteiger partial charge in [0.2, 0.25) is 4.90 Å². The molecule has 0 heterocycles. The third-order valence-electron chi connectivity index (χ3n) is 3.94. The molecule has 0 spiro atoms. The van der Waals surface area contributed by atoms with E-state index in [-0.39, 0.29) is 46.0 Å². The van der Waals surface area contributed by atoms with Gasteiger partial charge in [-0.05, 0) is 10.3 Å². The van der Waals surface area contributed by atoms with E-state index in [0.29, 0.717) is 12.1 Å². The van der Waals surface area contributed by atoms with Gasteiger partial charge in [0.15, 0.2) is 0 Å². The van der Waals surface area contributed by atoms with Crippen LogP contribution in [-0.2, 0) is 14.7 Å². The van der Waals surface area contributed by atoms with E-state index in [1.807, 2.05) is 0 Å². The third kappa shape index (κ3) is 4.84. The summed E-state index contributed by atoms with van der Waals surface area (Å²) in [6.07, 6.45) is 0. The van der Waals surface area contributed by atoms with Gasteiger partial charge in [-0.25, -0.2) is 0 Å². The smallest absolute Gasteiger partial charge is 0.866 e. The number of nitro groups is 2. The molecule has 13 nitrogen and oxygen atoms in total. The first kappa shape index (κ1) is 24.3. The maximum atomic E-state index is 12.2. The van der Waals surface area contributed by atoms with E-state index >= 15 is 0 Å². The molecule has 0 aliphatic heterocycles. The van der Waals surface area contributed by atoms with E-state index in [4.69, 9.17) is 0 Å². The van der Waals surface area contributed by atoms with Crippen molar-refractivity contribution in [1.29, 1.82) is 0 Å². The van der Waals surface area contributed by atoms with Crippen LogP contribution in [0.3, 0.4) is 0 Å². The molecule has 0 aliphatic carbocycles. The van der Waals surface area contributed by atoms with Crippen molar-refractivity contribution in [2.24, 2.45) is 10.2 Å². The zero-order valence-corrected chi connectivity index (χ0v) is 18.3. The molecular weight excluding hydrogens is 447 g/mol. The van der Waals surface area contributed by atoms with Crippen LogP contribution in [0.5, 0.6) is 11.5 Å². The molecule has 0 aliphatic rings. The van der Waals surface area contributed by atoms with Gasteiger partial charge in [0, 0.05) is 28.7 Å². The minimum Gasteiger partial charge on any atom is -0.866 e. The van der Waals surface area contributed by atoms with Crippen molar-refractivity contribution in [2.75, 3.05) is 0 Å². The van der Waals surface area contributed by atoms with Crippen molar-refractivity contribution >= 4 is 44.0 Å². The second-order valence-corrected chi connectivity index (χ2v) is 7.25. The Morgan fingerprint density at radius 1 is 0.935 bits per heavy atom. The van der Waals surface area contributed by atoms with Crippen LogP contribution in [0, 0.1) is 20.2 Å². The van der Waals surface area contributed by atoms with Gasteiger partial charge >= 0.3 is 40.1 Å². The number of fused-ring (bicyclic) bond motifs is 1. The summed E-state index contributed by atoms with van der Waals surface area (Å²) in [4.78, 5) is 19.4. The second-order valence-electron chi connectivity index (χ2n) is 5.81. The number of azo groups is 1. The molecule has 3 N–H and O–H groups in total. The van der Waals surface area contributed by atoms with E-state index in [1.165, 1.54) is 24.3 Å². The number of hydrogen-bond acceptors (Lipinski definition) is 9. The summed E-state index contributed by atoms with van der Waals surface area (Å²) in [5.41, 5.74) is -2.87. The number of nitrogens with zero attached hydrogens (tertiary/aromatic N) is 4. The number of phenols is 1. The Balaban J connectivity index is 0.00000341. The minimum atomic E-state index is -4.46. The first-order valence-corrected chi connectivity index (χ1v) is 9.27. The fourth-order valence-corrected chi connectivity index (χ4v) is 3.37. The summed E-state index contributed by atoms with van der Waals surface area (Å²) in [7, 11) is -4.46. The molecule has 0 radical (unpaired) electrons. The zero-order chi connectivity index (χ0) is 22.2. The van der Waals surface area contributed by atoms with Crippen LogP contribution < -0.4 is 34.7 Å². The second kappa shape index (κ2) is 9.01. The van der Waals surface area contributed by atoms with Crippen molar-refractivity contribution in [3.63, 3.8) is 0 Å². The zero-order valence-electron chi connectivity index (χ0n) is 15.5. The molecule has 0 atom stereocenters. The standard InChI is InChI=1S/C16H10N4O9S.Na/c21-13-7-14(30(27,28)29)9-3-1-2-4-10(9)15(13)18-17-11-5-8(19(23)24)6-12(16(11)22)20(25)26;/h1-7H,(H3-,17,18,21,22,27,28,29);/q;+1. The molecule has 0 saturated carbocycles. The molecule has 3 rings (SSSR count). The number of benzene rings is 3. The molecule has 3 aromatic rings. The molecular formula is C16H10N4NaO9S+. The molecule has 0 bridgehead atoms. The van der Waals surface area contributed by atoms with Crippen LogP contribution in [0.25, 0.3) is 10.8 Å². The summed E-state index contributed by atoms with van der Waals surface area (Å²) in [6, 6.07) is 7.63. The molecule has 31 heavy (non-hydrogen) atoms. The topological polar surface area (TPSA) is 212 Å². The average molecular weight is 457 g/mol. The number of non-ortho nitro benzene ring substituents is 1. The van der Waals surface area contributed by atoms with E-state index < -0.39 is 53.8 Å². The summed E-state index contributed by atoms with van der Waals surface area (Å²) >= 11 is 0. The SMILES string of the molecule is O=[N+]([O-])c1cc(N=Nc2c(O)cc([S+](=O)(O)O)c3ccccc23)c([O-])c([N+](=O)[O-])c1.[Na+]. The van der Waals surface area contributed by atoms with Crippen LogP contribution in [0.15, 0.2) is 57.6 Å². The van der Waals surface area contributed by atoms with E-state index in [2.05, 4.69) is 10.2 Å². The van der Waals surface area contributed by atoms with E-state index in [0.717, 1.165) is 6.07 Å². The normalized spacial score (nSPS) is 11.4. The van der Waals surface area contributed by atoms with Crippen LogP contribution in [0.2, 0.25) is 0 Å². The van der Waals surface area contributed by atoms with Gasteiger partial charge in [-0.2, -0.15) is 14.2 Å². The van der Waals surface area contributed by atoms with E-state index in [1.54, 1.807) is 0 Å². The quantitative estimate of drug-likeness (QED) is 0.161. The van der Waals surface area contributed by atoms with Gasteiger partial charge in [-0.3, -0.25) is 20.2 Å². The first-order chi connectivity index (χ1) is 14.0. The number of nitro benzene ring substituents is 2. The van der Waals surface area contributed by atoms with Crippen molar-refractivity contribution in [3.05, 3.63) is 62.7 Å². The Morgan fingerprint density at radius 2 is 1.55 bits per heavy atom. The summed E-state index contributed by atoms with van der Waals surface area (Å²) < 4.78 is 30.6. The predicted molar refractivity (Wildman–Crippen MR) is 101 cm³/mol. The van der Waals surface area contributed by atoms with Gasteiger partial charge < -0.3 is 10.2 Å². The van der Waals surface area contributed by atoms with Crippen LogP contribution >= 0.6 is 0 Å². The molecule has 154 valence electrons. The Labute approximate surface area is 195 Å². The maximum absolute atomic E-state index is 12.2. The third-order valence-corrected chi connectivity index (χ3v) is 4.86. The van der Waals surface area contributed by atoms with Gasteiger partial charge in [0.25, 0.3) is 11.4 Å². The van der Waals surface area contributed by atoms with Gasteiger partial charge in [-0.1, -0.05) is 18.2 Å². The molecule has 0 saturated heterocycles. The molecule has 0 fully saturated rings. The molecule has 0 amide bonds. The molecule has 0 aromatic heterocycles. The van der Waals surface area contributed by atoms with Crippen molar-refractivity contribution < 1.29 is 62.9 Å². The molecule has 0 unspecified atom stereocenters. The summed E-state index contributed by atoms with van der Waals surface area (Å²) in [5.74, 6) is -1.93. The van der Waals surface area contributed by atoms with Crippen molar-refractivity contribution in [2.45, 2.75) is 4.90 Å². The fourth-order valence-electron chi connectivity index (χ4n) is 2.64. The van der Waals surface area contributed by atoms with Crippen molar-refractivity contribution in [3.8, 4) is 11.5 Å². The van der Waals surface area contributed by atoms with E-state index in [9.17, 15) is 43.8 Å². The number of phenolic OH excluding ortho intramolecular Hbond substituents is 1. The Bertz CT molecular complexity index is 1290. The van der Waals surface area contributed by atoms with Gasteiger partial charge in [0.05, 0.1) is 21.6 Å². The summed E-state index contributed by atoms with van der Waals surface area (Å²) in [5, 5.41) is 51.6. The first-order valence-electron chi connectivity index (χ1n) is 7.80. The Hall–Kier alpha value is -3.01. The van der Waals surface area contributed by atoms with Crippen LogP contribution in [0.1, 0.15) is 0 Å². The largest absolute Gasteiger partial charge is 1.00 e. The van der Waals surface area contributed by atoms with Crippen LogP contribution in [0.4, 0.5) is 22.7 Å². The van der Waals surface area contributed by atoms with Gasteiger partial charge in [-0.15, -0.1) is 5.11 Å². The minimum absolute atomic E-state index is 0. The number of aromatic hydroxyl groups is 1. The Morgan fingerprint density at radius 3 is 2.10 bits per heavy atom. The van der Waals surface area contributed by atoms with Gasteiger partial charge in [0.1, 0.15) is 11.4 Å². The number of hydrogen-bond donors (Lipinski definition) is 3. The fraction of sp³-hybridized carbons (Fsp3) is 0. The van der Waals surface area contributed by atoms with Crippen LogP contribution in [-0.4, -0.2) is 24.1 Å². The monoisotopic (exact) mass is 457 g/mol. The predicted octanol–water partition coefficient (Wildman–Crippen LogP) is 0.659.